The van der Waals surface area contributed by atoms with E-state index in [2.05, 4.69) is 4.74 Å². The number of aliphatic hydroxyl groups excluding tert-OH is 2. The third-order valence-corrected chi connectivity index (χ3v) is 3.02. The molecule has 0 fully saturated rings. The number of carbonyl (C=O) groups is 1. The van der Waals surface area contributed by atoms with E-state index in [1.165, 1.54) is 0 Å². The Hall–Kier alpha value is -0.700. The van der Waals surface area contributed by atoms with Crippen molar-refractivity contribution in [2.45, 2.75) is 12.5 Å². The number of aliphatic hydroxyl groups is 2. The maximum atomic E-state index is 11.2. The predicted molar refractivity (Wildman–Crippen MR) is 51.5 cm³/mol. The molecule has 0 heterocycles. The lowest BCUT2D eigenvalue weighted by Crippen LogP contribution is -2.41. The van der Waals surface area contributed by atoms with E-state index < -0.39 is 41.0 Å². The van der Waals surface area contributed by atoms with Gasteiger partial charge in [0.25, 0.3) is 0 Å². The van der Waals surface area contributed by atoms with Crippen LogP contribution in [0.15, 0.2) is 0 Å². The molecule has 90 valence electrons. The molecule has 15 heavy (non-hydrogen) atoms. The Labute approximate surface area is 88.1 Å². The second-order valence-corrected chi connectivity index (χ2v) is 4.70. The van der Waals surface area contributed by atoms with Crippen molar-refractivity contribution >= 4 is 16.0 Å². The van der Waals surface area contributed by atoms with Crippen molar-refractivity contribution in [1.82, 2.24) is 4.72 Å². The zero-order valence-corrected chi connectivity index (χ0v) is 9.16. The molecule has 0 spiro atoms. The van der Waals surface area contributed by atoms with Crippen LogP contribution in [-0.4, -0.2) is 56.7 Å². The zero-order valence-electron chi connectivity index (χ0n) is 8.34. The molecule has 3 N–H and O–H groups in total. The maximum Gasteiger partial charge on any atom is 0.306 e. The van der Waals surface area contributed by atoms with Crippen molar-refractivity contribution in [1.29, 1.82) is 0 Å². The summed E-state index contributed by atoms with van der Waals surface area (Å²) in [5.41, 5.74) is 0. The van der Waals surface area contributed by atoms with Crippen LogP contribution in [0.25, 0.3) is 0 Å². The van der Waals surface area contributed by atoms with Crippen LogP contribution in [0.5, 0.6) is 0 Å². The molecular formula is C7H15NO6S. The van der Waals surface area contributed by atoms with E-state index in [1.807, 2.05) is 4.72 Å². The summed E-state index contributed by atoms with van der Waals surface area (Å²) in [7, 11) is -2.52. The molecule has 0 aliphatic heterocycles. The maximum absolute atomic E-state index is 11.2. The molecule has 0 rings (SSSR count). The van der Waals surface area contributed by atoms with Gasteiger partial charge in [-0.15, -0.1) is 0 Å². The Morgan fingerprint density at radius 1 is 1.40 bits per heavy atom. The van der Waals surface area contributed by atoms with Gasteiger partial charge in [-0.1, -0.05) is 0 Å². The van der Waals surface area contributed by atoms with Gasteiger partial charge in [-0.05, 0) is 0 Å². The Morgan fingerprint density at radius 2 is 1.93 bits per heavy atom. The SMILES string of the molecule is COC(=O)CCS(=O)(=O)NC(CO)CO. The van der Waals surface area contributed by atoms with Gasteiger partial charge in [-0.25, -0.2) is 13.1 Å². The van der Waals surface area contributed by atoms with Gasteiger partial charge in [0.05, 0.1) is 38.5 Å². The van der Waals surface area contributed by atoms with Crippen LogP contribution in [0.4, 0.5) is 0 Å². The molecule has 0 bridgehead atoms. The number of esters is 1. The largest absolute Gasteiger partial charge is 0.469 e. The Bertz CT molecular complexity index is 284. The van der Waals surface area contributed by atoms with E-state index in [9.17, 15) is 13.2 Å². The molecule has 0 aliphatic rings. The molecule has 8 heteroatoms. The predicted octanol–water partition coefficient (Wildman–Crippen LogP) is -2.18. The standard InChI is InChI=1S/C7H15NO6S/c1-14-7(11)2-3-15(12,13)8-6(4-9)5-10/h6,8-10H,2-5H2,1H3. The molecule has 0 aliphatic carbocycles. The Kier molecular flexibility index (Phi) is 6.41. The highest BCUT2D eigenvalue weighted by molar-refractivity contribution is 7.89. The molecular weight excluding hydrogens is 226 g/mol. The van der Waals surface area contributed by atoms with Crippen LogP contribution in [-0.2, 0) is 19.6 Å². The van der Waals surface area contributed by atoms with E-state index in [-0.39, 0.29) is 6.42 Å². The molecule has 7 nitrogen and oxygen atoms in total. The van der Waals surface area contributed by atoms with Crippen molar-refractivity contribution in [2.24, 2.45) is 0 Å². The average Bonchev–Trinajstić information content (AvgIpc) is 2.22. The highest BCUT2D eigenvalue weighted by atomic mass is 32.2. The van der Waals surface area contributed by atoms with Gasteiger partial charge >= 0.3 is 5.97 Å². The van der Waals surface area contributed by atoms with E-state index >= 15 is 0 Å². The summed E-state index contributed by atoms with van der Waals surface area (Å²) in [6.45, 7) is -1.01. The van der Waals surface area contributed by atoms with E-state index in [0.29, 0.717) is 0 Å². The molecule has 0 unspecified atom stereocenters. The summed E-state index contributed by atoms with van der Waals surface area (Å²) < 4.78 is 28.8. The highest BCUT2D eigenvalue weighted by Gasteiger charge is 2.18. The monoisotopic (exact) mass is 241 g/mol. The molecule has 0 amide bonds. The highest BCUT2D eigenvalue weighted by Crippen LogP contribution is 1.94. The number of carbonyl (C=O) groups excluding carboxylic acids is 1. The smallest absolute Gasteiger partial charge is 0.306 e. The fourth-order valence-electron chi connectivity index (χ4n) is 0.765. The minimum atomic E-state index is -3.68. The van der Waals surface area contributed by atoms with E-state index in [0.717, 1.165) is 7.11 Å². The molecule has 0 aromatic rings. The average molecular weight is 241 g/mol. The summed E-state index contributed by atoms with van der Waals surface area (Å²) in [6, 6.07) is -0.937. The van der Waals surface area contributed by atoms with Crippen LogP contribution >= 0.6 is 0 Å². The van der Waals surface area contributed by atoms with E-state index in [4.69, 9.17) is 10.2 Å². The van der Waals surface area contributed by atoms with Gasteiger partial charge in [0.15, 0.2) is 0 Å². The van der Waals surface area contributed by atoms with Gasteiger partial charge in [-0.3, -0.25) is 4.79 Å². The van der Waals surface area contributed by atoms with Crippen LogP contribution in [0.3, 0.4) is 0 Å². The first kappa shape index (κ1) is 14.3. The first-order chi connectivity index (χ1) is 6.95. The van der Waals surface area contributed by atoms with Gasteiger partial charge in [-0.2, -0.15) is 0 Å². The summed E-state index contributed by atoms with van der Waals surface area (Å²) >= 11 is 0. The first-order valence-corrected chi connectivity index (χ1v) is 5.89. The van der Waals surface area contributed by atoms with Crippen LogP contribution in [0.2, 0.25) is 0 Å². The number of nitrogens with one attached hydrogen (secondary N) is 1. The third kappa shape index (κ3) is 6.39. The number of hydrogen-bond acceptors (Lipinski definition) is 6. The second kappa shape index (κ2) is 6.72. The second-order valence-electron chi connectivity index (χ2n) is 2.82. The number of sulfonamides is 1. The number of ether oxygens (including phenoxy) is 1. The van der Waals surface area contributed by atoms with Crippen LogP contribution in [0.1, 0.15) is 6.42 Å². The van der Waals surface area contributed by atoms with Crippen molar-refractivity contribution in [2.75, 3.05) is 26.1 Å². The van der Waals surface area contributed by atoms with Crippen molar-refractivity contribution in [3.05, 3.63) is 0 Å². The Balaban J connectivity index is 4.13. The van der Waals surface area contributed by atoms with Gasteiger partial charge in [0.1, 0.15) is 0 Å². The summed E-state index contributed by atoms with van der Waals surface area (Å²) in [5.74, 6) is -1.07. The van der Waals surface area contributed by atoms with Gasteiger partial charge < -0.3 is 14.9 Å². The van der Waals surface area contributed by atoms with Crippen molar-refractivity contribution < 1.29 is 28.2 Å². The summed E-state index contributed by atoms with van der Waals surface area (Å²) in [6.07, 6.45) is -0.268. The summed E-state index contributed by atoms with van der Waals surface area (Å²) in [4.78, 5) is 10.7. The molecule has 0 saturated carbocycles. The topological polar surface area (TPSA) is 113 Å². The fraction of sp³-hybridized carbons (Fsp3) is 0.857. The Morgan fingerprint density at radius 3 is 2.33 bits per heavy atom. The lowest BCUT2D eigenvalue weighted by molar-refractivity contribution is -0.140. The minimum Gasteiger partial charge on any atom is -0.469 e. The van der Waals surface area contributed by atoms with Crippen molar-refractivity contribution in [3.63, 3.8) is 0 Å². The van der Waals surface area contributed by atoms with Crippen LogP contribution < -0.4 is 4.72 Å². The number of hydrogen-bond donors (Lipinski definition) is 3. The molecule has 0 saturated heterocycles. The third-order valence-electron chi connectivity index (χ3n) is 1.59. The molecule has 0 aromatic carbocycles. The van der Waals surface area contributed by atoms with E-state index in [1.54, 1.807) is 0 Å². The van der Waals surface area contributed by atoms with Gasteiger partial charge in [0.2, 0.25) is 10.0 Å². The van der Waals surface area contributed by atoms with Crippen LogP contribution in [0, 0.1) is 0 Å². The lowest BCUT2D eigenvalue weighted by atomic mass is 10.4. The quantitative estimate of drug-likeness (QED) is 0.437. The zero-order chi connectivity index (χ0) is 11.9. The summed E-state index contributed by atoms with van der Waals surface area (Å²) in [5, 5.41) is 17.3. The molecule has 0 aromatic heterocycles. The lowest BCUT2D eigenvalue weighted by Gasteiger charge is -2.12. The van der Waals surface area contributed by atoms with Crippen molar-refractivity contribution in [3.8, 4) is 0 Å². The fourth-order valence-corrected chi connectivity index (χ4v) is 1.98. The van der Waals surface area contributed by atoms with Gasteiger partial charge in [0, 0.05) is 0 Å². The minimum absolute atomic E-state index is 0.268. The normalized spacial score (nSPS) is 11.7. The molecule has 0 atom stereocenters. The number of rotatable bonds is 7. The first-order valence-electron chi connectivity index (χ1n) is 4.23. The molecule has 0 radical (unpaired) electrons. The number of methoxy groups -OCH3 is 1.